The van der Waals surface area contributed by atoms with Crippen LogP contribution >= 0.6 is 11.6 Å². The van der Waals surface area contributed by atoms with Crippen LogP contribution in [-0.4, -0.2) is 52.0 Å². The Hall–Kier alpha value is -4.76. The van der Waals surface area contributed by atoms with Gasteiger partial charge in [0, 0.05) is 58.4 Å². The van der Waals surface area contributed by atoms with Gasteiger partial charge in [-0.15, -0.1) is 0 Å². The maximum atomic E-state index is 13.9. The third kappa shape index (κ3) is 10.1. The van der Waals surface area contributed by atoms with E-state index in [2.05, 4.69) is 9.97 Å². The van der Waals surface area contributed by atoms with E-state index in [1.807, 2.05) is 13.8 Å². The fraction of sp³-hybridized carbons (Fsp3) is 0.294. The van der Waals surface area contributed by atoms with Gasteiger partial charge >= 0.3 is 12.4 Å². The lowest BCUT2D eigenvalue weighted by Crippen LogP contribution is -2.34. The molecule has 0 aliphatic rings. The third-order valence-electron chi connectivity index (χ3n) is 7.16. The number of amides is 1. The first-order valence-corrected chi connectivity index (χ1v) is 15.4. The van der Waals surface area contributed by atoms with Crippen molar-refractivity contribution in [1.82, 2.24) is 19.9 Å². The smallest absolute Gasteiger partial charge is 0.406 e. The lowest BCUT2D eigenvalue weighted by atomic mass is 10.0. The highest BCUT2D eigenvalue weighted by Gasteiger charge is 2.30. The number of rotatable bonds is 9. The molecule has 3 N–H and O–H groups in total. The Balaban J connectivity index is 0.000000232. The van der Waals surface area contributed by atoms with Gasteiger partial charge in [0.1, 0.15) is 31.3 Å². The highest BCUT2D eigenvalue weighted by Crippen LogP contribution is 2.30. The SMILES string of the molecule is CC(C)C[C@H](N)COc1ccc2c3ccncc3c(=O)n(CC(F)(F)F)c2c1.O=C(NCC(F)(F)F)c1cnccc1-c1ccc(Cl)cc1F. The highest BCUT2D eigenvalue weighted by atomic mass is 35.5. The molecule has 0 saturated heterocycles. The van der Waals surface area contributed by atoms with E-state index in [-0.39, 0.29) is 45.3 Å². The summed E-state index contributed by atoms with van der Waals surface area (Å²) in [4.78, 5) is 32.1. The average Bonchev–Trinajstić information content (AvgIpc) is 3.04. The Labute approximate surface area is 286 Å². The average molecular weight is 726 g/mol. The number of halogens is 8. The molecule has 266 valence electrons. The quantitative estimate of drug-likeness (QED) is 0.119. The first kappa shape index (κ1) is 38.0. The molecule has 16 heteroatoms. The van der Waals surface area contributed by atoms with Crippen LogP contribution < -0.4 is 21.3 Å². The summed E-state index contributed by atoms with van der Waals surface area (Å²) in [6, 6.07) is 11.4. The third-order valence-corrected chi connectivity index (χ3v) is 7.39. The highest BCUT2D eigenvalue weighted by molar-refractivity contribution is 6.30. The van der Waals surface area contributed by atoms with Crippen molar-refractivity contribution in [2.24, 2.45) is 11.7 Å². The van der Waals surface area contributed by atoms with Crippen LogP contribution in [0.5, 0.6) is 5.75 Å². The number of hydrogen-bond acceptors (Lipinski definition) is 6. The standard InChI is InChI=1S/C20H22F3N3O2.C14H9ClF4N2O/c1-12(2)7-13(24)10-28-14-3-4-16-15-5-6-25-9-17(15)19(27)26(18(16)8-14)11-20(21,22)23;15-8-1-2-10(12(16)5-8)9-3-4-20-6-11(9)13(22)21-7-14(17,18)19/h3-6,8-9,12-13H,7,10-11,24H2,1-2H3;1-6H,7H2,(H,21,22)/t13-;/m0./s1. The molecule has 5 aromatic rings. The summed E-state index contributed by atoms with van der Waals surface area (Å²) in [7, 11) is 0. The second-order valence-corrected chi connectivity index (χ2v) is 12.1. The monoisotopic (exact) mass is 725 g/mol. The maximum absolute atomic E-state index is 13.9. The van der Waals surface area contributed by atoms with Gasteiger partial charge in [-0.25, -0.2) is 4.39 Å². The van der Waals surface area contributed by atoms with Gasteiger partial charge in [0.25, 0.3) is 11.5 Å². The molecule has 0 fully saturated rings. The van der Waals surface area contributed by atoms with E-state index in [1.165, 1.54) is 42.9 Å². The second-order valence-electron chi connectivity index (χ2n) is 11.7. The van der Waals surface area contributed by atoms with Crippen LogP contribution in [0.25, 0.3) is 32.8 Å². The number of aromatic nitrogens is 3. The van der Waals surface area contributed by atoms with Crippen molar-refractivity contribution in [2.75, 3.05) is 13.2 Å². The van der Waals surface area contributed by atoms with Gasteiger partial charge in [0.2, 0.25) is 0 Å². The number of nitrogens with one attached hydrogen (secondary N) is 1. The molecule has 0 bridgehead atoms. The Kier molecular flexibility index (Phi) is 12.1. The van der Waals surface area contributed by atoms with E-state index in [0.29, 0.717) is 22.4 Å². The van der Waals surface area contributed by atoms with Gasteiger partial charge in [-0.2, -0.15) is 26.3 Å². The van der Waals surface area contributed by atoms with Crippen LogP contribution in [0.2, 0.25) is 5.02 Å². The fourth-order valence-electron chi connectivity index (χ4n) is 5.11. The summed E-state index contributed by atoms with van der Waals surface area (Å²) >= 11 is 5.65. The van der Waals surface area contributed by atoms with Gasteiger partial charge in [0.05, 0.1) is 16.5 Å². The molecular formula is C34H31ClF7N5O3. The molecule has 0 aliphatic carbocycles. The van der Waals surface area contributed by atoms with Crippen LogP contribution in [0.4, 0.5) is 30.7 Å². The first-order chi connectivity index (χ1) is 23.4. The van der Waals surface area contributed by atoms with Crippen molar-refractivity contribution in [3.8, 4) is 16.9 Å². The predicted molar refractivity (Wildman–Crippen MR) is 176 cm³/mol. The van der Waals surface area contributed by atoms with Gasteiger partial charge in [-0.05, 0) is 60.2 Å². The zero-order valence-electron chi connectivity index (χ0n) is 26.6. The van der Waals surface area contributed by atoms with Crippen molar-refractivity contribution in [1.29, 1.82) is 0 Å². The van der Waals surface area contributed by atoms with Crippen LogP contribution in [0.15, 0.2) is 78.1 Å². The normalized spacial score (nSPS) is 12.5. The number of ether oxygens (including phenoxy) is 1. The van der Waals surface area contributed by atoms with Crippen LogP contribution in [0.1, 0.15) is 30.6 Å². The second kappa shape index (κ2) is 15.9. The van der Waals surface area contributed by atoms with E-state index >= 15 is 0 Å². The summed E-state index contributed by atoms with van der Waals surface area (Å²) < 4.78 is 96.1. The Morgan fingerprint density at radius 2 is 1.62 bits per heavy atom. The zero-order chi connectivity index (χ0) is 36.8. The molecule has 5 rings (SSSR count). The van der Waals surface area contributed by atoms with E-state index < -0.39 is 42.7 Å². The summed E-state index contributed by atoms with van der Waals surface area (Å²) in [5.74, 6) is -0.902. The van der Waals surface area contributed by atoms with Crippen molar-refractivity contribution in [2.45, 2.75) is 45.2 Å². The molecule has 3 heterocycles. The Bertz CT molecular complexity index is 2030. The molecule has 0 spiro atoms. The molecule has 8 nitrogen and oxygen atoms in total. The van der Waals surface area contributed by atoms with Gasteiger partial charge in [-0.1, -0.05) is 25.4 Å². The summed E-state index contributed by atoms with van der Waals surface area (Å²) in [6.45, 7) is 1.47. The number of nitrogens with zero attached hydrogens (tertiary/aromatic N) is 3. The van der Waals surface area contributed by atoms with E-state index in [0.717, 1.165) is 23.3 Å². The van der Waals surface area contributed by atoms with Crippen molar-refractivity contribution >= 4 is 39.2 Å². The number of hydrogen-bond donors (Lipinski definition) is 2. The predicted octanol–water partition coefficient (Wildman–Crippen LogP) is 7.70. The minimum Gasteiger partial charge on any atom is -0.492 e. The molecule has 3 aromatic heterocycles. The van der Waals surface area contributed by atoms with E-state index in [9.17, 15) is 40.3 Å². The van der Waals surface area contributed by atoms with E-state index in [4.69, 9.17) is 22.1 Å². The van der Waals surface area contributed by atoms with Crippen LogP contribution in [0, 0.1) is 11.7 Å². The zero-order valence-corrected chi connectivity index (χ0v) is 27.3. The first-order valence-electron chi connectivity index (χ1n) is 15.0. The van der Waals surface area contributed by atoms with Crippen molar-refractivity contribution in [3.05, 3.63) is 100 Å². The molecule has 0 saturated carbocycles. The number of pyridine rings is 3. The molecule has 1 atom stereocenters. The number of benzene rings is 2. The van der Waals surface area contributed by atoms with Crippen LogP contribution in [-0.2, 0) is 6.54 Å². The van der Waals surface area contributed by atoms with Crippen molar-refractivity contribution < 1.29 is 40.3 Å². The summed E-state index contributed by atoms with van der Waals surface area (Å²) in [5.41, 5.74) is 5.45. The lowest BCUT2D eigenvalue weighted by Gasteiger charge is -2.17. The maximum Gasteiger partial charge on any atom is 0.406 e. The van der Waals surface area contributed by atoms with Crippen molar-refractivity contribution in [3.63, 3.8) is 0 Å². The molecule has 1 amide bonds. The summed E-state index contributed by atoms with van der Waals surface area (Å²) in [6.07, 6.45) is -3.13. The number of alkyl halides is 6. The van der Waals surface area contributed by atoms with Gasteiger partial charge in [-0.3, -0.25) is 24.1 Å². The summed E-state index contributed by atoms with van der Waals surface area (Å²) in [5, 5.41) is 3.12. The number of carbonyl (C=O) groups is 1. The Morgan fingerprint density at radius 3 is 2.28 bits per heavy atom. The number of nitrogens with two attached hydrogens (primary N) is 1. The minimum atomic E-state index is -4.54. The molecule has 0 unspecified atom stereocenters. The number of fused-ring (bicyclic) bond motifs is 3. The molecule has 2 aromatic carbocycles. The van der Waals surface area contributed by atoms with Gasteiger partial charge in [0.15, 0.2) is 0 Å². The van der Waals surface area contributed by atoms with Gasteiger partial charge < -0.3 is 15.8 Å². The topological polar surface area (TPSA) is 112 Å². The molecule has 0 aliphatic heterocycles. The lowest BCUT2D eigenvalue weighted by molar-refractivity contribution is -0.140. The molecule has 0 radical (unpaired) electrons. The molecular weight excluding hydrogens is 695 g/mol. The largest absolute Gasteiger partial charge is 0.492 e. The molecule has 50 heavy (non-hydrogen) atoms. The number of carbonyl (C=O) groups excluding carboxylic acids is 1. The fourth-order valence-corrected chi connectivity index (χ4v) is 5.27. The Morgan fingerprint density at radius 1 is 0.920 bits per heavy atom. The van der Waals surface area contributed by atoms with Crippen LogP contribution in [0.3, 0.4) is 0 Å². The minimum absolute atomic E-state index is 0.0453. The van der Waals surface area contributed by atoms with E-state index in [1.54, 1.807) is 23.5 Å².